The Bertz CT molecular complexity index is 435. The van der Waals surface area contributed by atoms with Crippen molar-refractivity contribution >= 4 is 17.7 Å². The van der Waals surface area contributed by atoms with E-state index in [1.165, 1.54) is 0 Å². The van der Waals surface area contributed by atoms with Crippen LogP contribution in [-0.4, -0.2) is 34.6 Å². The van der Waals surface area contributed by atoms with Gasteiger partial charge in [0.05, 0.1) is 0 Å². The van der Waals surface area contributed by atoms with Gasteiger partial charge in [-0.25, -0.2) is 4.98 Å². The van der Waals surface area contributed by atoms with Gasteiger partial charge in [0, 0.05) is 12.6 Å². The van der Waals surface area contributed by atoms with Crippen LogP contribution in [0.15, 0.2) is 24.4 Å². The molecule has 2 rings (SSSR count). The first-order valence-corrected chi connectivity index (χ1v) is 5.82. The van der Waals surface area contributed by atoms with Gasteiger partial charge in [-0.3, -0.25) is 9.59 Å². The number of aliphatic carboxylic acids is 1. The summed E-state index contributed by atoms with van der Waals surface area (Å²) in [7, 11) is 0. The second-order valence-corrected chi connectivity index (χ2v) is 4.37. The Kier molecular flexibility index (Phi) is 3.88. The summed E-state index contributed by atoms with van der Waals surface area (Å²) >= 11 is 0. The molecule has 1 saturated heterocycles. The van der Waals surface area contributed by atoms with E-state index in [-0.39, 0.29) is 11.8 Å². The van der Waals surface area contributed by atoms with Crippen LogP contribution < -0.4 is 10.6 Å². The van der Waals surface area contributed by atoms with E-state index in [2.05, 4.69) is 15.6 Å². The Morgan fingerprint density at radius 3 is 2.94 bits per heavy atom. The van der Waals surface area contributed by atoms with E-state index in [1.54, 1.807) is 24.4 Å². The Morgan fingerprint density at radius 2 is 2.33 bits per heavy atom. The molecule has 2 unspecified atom stereocenters. The summed E-state index contributed by atoms with van der Waals surface area (Å²) in [5, 5.41) is 14.4. The lowest BCUT2D eigenvalue weighted by Crippen LogP contribution is -2.29. The number of anilines is 1. The maximum absolute atomic E-state index is 11.7. The Hall–Kier alpha value is -1.95. The Balaban J connectivity index is 1.80. The maximum Gasteiger partial charge on any atom is 0.320 e. The van der Waals surface area contributed by atoms with Crippen molar-refractivity contribution in [2.75, 3.05) is 11.9 Å². The van der Waals surface area contributed by atoms with Gasteiger partial charge in [-0.05, 0) is 31.0 Å². The van der Waals surface area contributed by atoms with E-state index < -0.39 is 12.0 Å². The summed E-state index contributed by atoms with van der Waals surface area (Å²) in [6.07, 6.45) is 2.41. The number of rotatable bonds is 4. The third-order valence-corrected chi connectivity index (χ3v) is 2.93. The molecule has 2 atom stereocenters. The van der Waals surface area contributed by atoms with E-state index in [0.717, 1.165) is 0 Å². The number of pyridine rings is 1. The molecule has 1 amide bonds. The highest BCUT2D eigenvalue weighted by Gasteiger charge is 2.30. The minimum absolute atomic E-state index is 0.0646. The van der Waals surface area contributed by atoms with Gasteiger partial charge in [-0.2, -0.15) is 0 Å². The van der Waals surface area contributed by atoms with E-state index in [1.807, 2.05) is 0 Å². The summed E-state index contributed by atoms with van der Waals surface area (Å²) < 4.78 is 0. The molecule has 0 saturated carbocycles. The van der Waals surface area contributed by atoms with Crippen LogP contribution in [0, 0.1) is 5.92 Å². The minimum atomic E-state index is -0.859. The van der Waals surface area contributed by atoms with Crippen LogP contribution in [0.4, 0.5) is 5.82 Å². The van der Waals surface area contributed by atoms with Crippen molar-refractivity contribution in [3.05, 3.63) is 24.4 Å². The van der Waals surface area contributed by atoms with Gasteiger partial charge in [0.2, 0.25) is 5.91 Å². The van der Waals surface area contributed by atoms with Crippen molar-refractivity contribution < 1.29 is 14.7 Å². The van der Waals surface area contributed by atoms with E-state index in [0.29, 0.717) is 25.2 Å². The molecule has 0 radical (unpaired) electrons. The molecule has 0 bridgehead atoms. The molecule has 96 valence electrons. The Labute approximate surface area is 104 Å². The van der Waals surface area contributed by atoms with Crippen LogP contribution in [0.1, 0.15) is 12.8 Å². The molecular weight excluding hydrogens is 234 g/mol. The normalized spacial score (nSPS) is 22.7. The third kappa shape index (κ3) is 3.27. The number of carbonyl (C=O) groups excluding carboxylic acids is 1. The van der Waals surface area contributed by atoms with Crippen molar-refractivity contribution in [3.8, 4) is 0 Å². The van der Waals surface area contributed by atoms with Crippen molar-refractivity contribution in [3.63, 3.8) is 0 Å². The Morgan fingerprint density at radius 1 is 1.50 bits per heavy atom. The van der Waals surface area contributed by atoms with E-state index >= 15 is 0 Å². The summed E-state index contributed by atoms with van der Waals surface area (Å²) in [6.45, 7) is 0.562. The standard InChI is InChI=1S/C12H15N3O3/c16-11(15-10-3-1-2-4-13-10)6-8-5-9(12(17)18)14-7-8/h1-4,8-9,14H,5-7H2,(H,17,18)(H,13,15,16). The average Bonchev–Trinajstić information content (AvgIpc) is 2.78. The van der Waals surface area contributed by atoms with Gasteiger partial charge in [-0.1, -0.05) is 6.07 Å². The summed E-state index contributed by atoms with van der Waals surface area (Å²) in [4.78, 5) is 26.5. The quantitative estimate of drug-likeness (QED) is 0.721. The number of nitrogens with zero attached hydrogens (tertiary/aromatic N) is 1. The molecule has 0 spiro atoms. The molecule has 1 aliphatic rings. The molecular formula is C12H15N3O3. The molecule has 1 aromatic heterocycles. The van der Waals surface area contributed by atoms with Gasteiger partial charge in [0.1, 0.15) is 11.9 Å². The van der Waals surface area contributed by atoms with Gasteiger partial charge < -0.3 is 15.7 Å². The number of carboxylic acids is 1. The largest absolute Gasteiger partial charge is 0.480 e. The fourth-order valence-corrected chi connectivity index (χ4v) is 2.05. The smallest absolute Gasteiger partial charge is 0.320 e. The number of carboxylic acid groups (broad SMARTS) is 1. The second-order valence-electron chi connectivity index (χ2n) is 4.37. The lowest BCUT2D eigenvalue weighted by molar-refractivity contribution is -0.139. The molecule has 6 heteroatoms. The fraction of sp³-hybridized carbons (Fsp3) is 0.417. The van der Waals surface area contributed by atoms with Crippen molar-refractivity contribution in [1.29, 1.82) is 0 Å². The minimum Gasteiger partial charge on any atom is -0.480 e. The maximum atomic E-state index is 11.7. The summed E-state index contributed by atoms with van der Waals surface area (Å²) in [5.41, 5.74) is 0. The van der Waals surface area contributed by atoms with Crippen molar-refractivity contribution in [2.45, 2.75) is 18.9 Å². The first-order chi connectivity index (χ1) is 8.65. The molecule has 1 aliphatic heterocycles. The highest BCUT2D eigenvalue weighted by Crippen LogP contribution is 2.18. The zero-order valence-electron chi connectivity index (χ0n) is 9.80. The van der Waals surface area contributed by atoms with E-state index in [9.17, 15) is 9.59 Å². The molecule has 6 nitrogen and oxygen atoms in total. The van der Waals surface area contributed by atoms with Gasteiger partial charge in [0.15, 0.2) is 0 Å². The predicted octanol–water partition coefficient (Wildman–Crippen LogP) is 0.473. The lowest BCUT2D eigenvalue weighted by Gasteiger charge is -2.08. The highest BCUT2D eigenvalue weighted by molar-refractivity contribution is 5.90. The molecule has 2 heterocycles. The predicted molar refractivity (Wildman–Crippen MR) is 65.0 cm³/mol. The number of hydrogen-bond acceptors (Lipinski definition) is 4. The molecule has 18 heavy (non-hydrogen) atoms. The van der Waals surface area contributed by atoms with Crippen LogP contribution in [0.5, 0.6) is 0 Å². The second kappa shape index (κ2) is 5.59. The molecule has 3 N–H and O–H groups in total. The molecule has 0 aromatic carbocycles. The van der Waals surface area contributed by atoms with Gasteiger partial charge >= 0.3 is 5.97 Å². The zero-order valence-corrected chi connectivity index (χ0v) is 9.80. The summed E-state index contributed by atoms with van der Waals surface area (Å²) in [6, 6.07) is 4.75. The van der Waals surface area contributed by atoms with Gasteiger partial charge in [-0.15, -0.1) is 0 Å². The van der Waals surface area contributed by atoms with E-state index in [4.69, 9.17) is 5.11 Å². The van der Waals surface area contributed by atoms with Gasteiger partial charge in [0.25, 0.3) is 0 Å². The van der Waals surface area contributed by atoms with Crippen LogP contribution in [0.25, 0.3) is 0 Å². The van der Waals surface area contributed by atoms with Crippen LogP contribution in [0.2, 0.25) is 0 Å². The van der Waals surface area contributed by atoms with Crippen molar-refractivity contribution in [1.82, 2.24) is 10.3 Å². The summed E-state index contributed by atoms with van der Waals surface area (Å²) in [5.74, 6) is -0.410. The van der Waals surface area contributed by atoms with Crippen LogP contribution in [0.3, 0.4) is 0 Å². The number of carbonyl (C=O) groups is 2. The topological polar surface area (TPSA) is 91.3 Å². The van der Waals surface area contributed by atoms with Crippen LogP contribution >= 0.6 is 0 Å². The number of nitrogens with one attached hydrogen (secondary N) is 2. The monoisotopic (exact) mass is 249 g/mol. The molecule has 1 aromatic rings. The number of aromatic nitrogens is 1. The highest BCUT2D eigenvalue weighted by atomic mass is 16.4. The first kappa shape index (κ1) is 12.5. The first-order valence-electron chi connectivity index (χ1n) is 5.82. The third-order valence-electron chi connectivity index (χ3n) is 2.93. The number of hydrogen-bond donors (Lipinski definition) is 3. The molecule has 0 aliphatic carbocycles. The SMILES string of the molecule is O=C(CC1CNC(C(=O)O)C1)Nc1ccccn1. The fourth-order valence-electron chi connectivity index (χ4n) is 2.05. The zero-order chi connectivity index (χ0) is 13.0. The van der Waals surface area contributed by atoms with Crippen LogP contribution in [-0.2, 0) is 9.59 Å². The lowest BCUT2D eigenvalue weighted by atomic mass is 10.0. The van der Waals surface area contributed by atoms with Crippen molar-refractivity contribution in [2.24, 2.45) is 5.92 Å². The molecule has 1 fully saturated rings. The average molecular weight is 249 g/mol. The number of amides is 1.